The zero-order valence-corrected chi connectivity index (χ0v) is 7.81. The van der Waals surface area contributed by atoms with Crippen LogP contribution in [0, 0.1) is 5.82 Å². The van der Waals surface area contributed by atoms with Gasteiger partial charge in [-0.1, -0.05) is 12.1 Å². The number of carbonyl (C=O) groups is 2. The molecule has 1 aromatic rings. The molecule has 0 aliphatic carbocycles. The number of aldehydes is 1. The molecule has 1 rings (SSSR count). The van der Waals surface area contributed by atoms with E-state index in [1.807, 2.05) is 5.32 Å². The lowest BCUT2D eigenvalue weighted by molar-refractivity contribution is -0.109. The second-order valence-corrected chi connectivity index (χ2v) is 3.03. The van der Waals surface area contributed by atoms with Gasteiger partial charge < -0.3 is 15.2 Å². The zero-order valence-electron chi connectivity index (χ0n) is 7.81. The topological polar surface area (TPSA) is 66.4 Å². The first-order valence-corrected chi connectivity index (χ1v) is 4.31. The molecular weight excluding hydrogens is 201 g/mol. The smallest absolute Gasteiger partial charge is 0.405 e. The van der Waals surface area contributed by atoms with E-state index in [9.17, 15) is 14.0 Å². The van der Waals surface area contributed by atoms with E-state index < -0.39 is 18.0 Å². The summed E-state index contributed by atoms with van der Waals surface area (Å²) in [6.45, 7) is 0. The van der Waals surface area contributed by atoms with Crippen LogP contribution in [-0.4, -0.2) is 23.5 Å². The van der Waals surface area contributed by atoms with Crippen LogP contribution in [0.25, 0.3) is 0 Å². The van der Waals surface area contributed by atoms with Crippen LogP contribution in [0.3, 0.4) is 0 Å². The summed E-state index contributed by atoms with van der Waals surface area (Å²) >= 11 is 0. The molecule has 1 atom stereocenters. The van der Waals surface area contributed by atoms with E-state index in [4.69, 9.17) is 5.11 Å². The first-order chi connectivity index (χ1) is 7.11. The first-order valence-electron chi connectivity index (χ1n) is 4.31. The standard InChI is InChI=1S/C10H10FNO3/c11-8-3-1-2-7(4-8)5-9(6-13)12-10(14)15/h1-4,6,9,12H,5H2,(H,14,15). The SMILES string of the molecule is O=CC(Cc1cccc(F)c1)NC(=O)O. The van der Waals surface area contributed by atoms with Crippen LogP contribution in [0.4, 0.5) is 9.18 Å². The summed E-state index contributed by atoms with van der Waals surface area (Å²) in [6, 6.07) is 4.84. The summed E-state index contributed by atoms with van der Waals surface area (Å²) in [7, 11) is 0. The molecule has 0 bridgehead atoms. The summed E-state index contributed by atoms with van der Waals surface area (Å²) in [5.74, 6) is -0.410. The van der Waals surface area contributed by atoms with Crippen LogP contribution < -0.4 is 5.32 Å². The molecule has 0 radical (unpaired) electrons. The molecular formula is C10H10FNO3. The van der Waals surface area contributed by atoms with E-state index in [1.54, 1.807) is 6.07 Å². The molecule has 5 heteroatoms. The van der Waals surface area contributed by atoms with Crippen LogP contribution in [-0.2, 0) is 11.2 Å². The summed E-state index contributed by atoms with van der Waals surface area (Å²) in [4.78, 5) is 20.8. The van der Waals surface area contributed by atoms with Gasteiger partial charge in [0.05, 0.1) is 6.04 Å². The molecule has 2 N–H and O–H groups in total. The van der Waals surface area contributed by atoms with Crippen LogP contribution in [0.2, 0.25) is 0 Å². The quantitative estimate of drug-likeness (QED) is 0.735. The summed E-state index contributed by atoms with van der Waals surface area (Å²) < 4.78 is 12.8. The summed E-state index contributed by atoms with van der Waals surface area (Å²) in [5, 5.41) is 10.4. The van der Waals surface area contributed by atoms with Crippen LogP contribution in [0.1, 0.15) is 5.56 Å². The molecule has 0 saturated heterocycles. The Morgan fingerprint density at radius 1 is 1.60 bits per heavy atom. The van der Waals surface area contributed by atoms with Gasteiger partial charge in [-0.15, -0.1) is 0 Å². The Morgan fingerprint density at radius 3 is 2.87 bits per heavy atom. The number of rotatable bonds is 4. The zero-order chi connectivity index (χ0) is 11.3. The predicted molar refractivity (Wildman–Crippen MR) is 51.1 cm³/mol. The van der Waals surface area contributed by atoms with E-state index in [-0.39, 0.29) is 6.42 Å². The third-order valence-corrected chi connectivity index (χ3v) is 1.82. The van der Waals surface area contributed by atoms with Gasteiger partial charge in [-0.05, 0) is 24.1 Å². The molecule has 1 amide bonds. The second-order valence-electron chi connectivity index (χ2n) is 3.03. The monoisotopic (exact) mass is 211 g/mol. The van der Waals surface area contributed by atoms with E-state index in [0.717, 1.165) is 0 Å². The normalized spacial score (nSPS) is 11.8. The average molecular weight is 211 g/mol. The van der Waals surface area contributed by atoms with E-state index >= 15 is 0 Å². The van der Waals surface area contributed by atoms with E-state index in [1.165, 1.54) is 18.2 Å². The molecule has 0 aliphatic heterocycles. The predicted octanol–water partition coefficient (Wildman–Crippen LogP) is 1.20. The maximum atomic E-state index is 12.8. The Hall–Kier alpha value is -1.91. The van der Waals surface area contributed by atoms with Crippen LogP contribution >= 0.6 is 0 Å². The molecule has 0 heterocycles. The lowest BCUT2D eigenvalue weighted by Gasteiger charge is -2.09. The van der Waals surface area contributed by atoms with Gasteiger partial charge in [0.1, 0.15) is 12.1 Å². The van der Waals surface area contributed by atoms with Crippen molar-refractivity contribution < 1.29 is 19.1 Å². The molecule has 80 valence electrons. The number of hydrogen-bond acceptors (Lipinski definition) is 2. The Labute approximate surface area is 85.7 Å². The maximum Gasteiger partial charge on any atom is 0.405 e. The van der Waals surface area contributed by atoms with Crippen molar-refractivity contribution in [3.63, 3.8) is 0 Å². The molecule has 4 nitrogen and oxygen atoms in total. The molecule has 0 aromatic heterocycles. The molecule has 1 unspecified atom stereocenters. The number of carbonyl (C=O) groups excluding carboxylic acids is 1. The molecule has 0 spiro atoms. The number of amides is 1. The lowest BCUT2D eigenvalue weighted by Crippen LogP contribution is -2.36. The Balaban J connectivity index is 2.66. The highest BCUT2D eigenvalue weighted by Gasteiger charge is 2.10. The van der Waals surface area contributed by atoms with Crippen molar-refractivity contribution in [3.05, 3.63) is 35.6 Å². The lowest BCUT2D eigenvalue weighted by atomic mass is 10.1. The van der Waals surface area contributed by atoms with Crippen molar-refractivity contribution in [1.29, 1.82) is 0 Å². The Morgan fingerprint density at radius 2 is 2.33 bits per heavy atom. The fraction of sp³-hybridized carbons (Fsp3) is 0.200. The van der Waals surface area contributed by atoms with Crippen molar-refractivity contribution in [3.8, 4) is 0 Å². The number of benzene rings is 1. The average Bonchev–Trinajstić information content (AvgIpc) is 2.16. The van der Waals surface area contributed by atoms with Crippen LogP contribution in [0.15, 0.2) is 24.3 Å². The van der Waals surface area contributed by atoms with Crippen molar-refractivity contribution in [2.45, 2.75) is 12.5 Å². The molecule has 0 fully saturated rings. The minimum absolute atomic E-state index is 0.146. The van der Waals surface area contributed by atoms with Crippen molar-refractivity contribution in [1.82, 2.24) is 5.32 Å². The Bertz CT molecular complexity index is 367. The number of halogens is 1. The summed E-state index contributed by atoms with van der Waals surface area (Å²) in [5.41, 5.74) is 0.570. The minimum Gasteiger partial charge on any atom is -0.465 e. The molecule has 0 aliphatic rings. The van der Waals surface area contributed by atoms with Gasteiger partial charge in [0.15, 0.2) is 0 Å². The van der Waals surface area contributed by atoms with Gasteiger partial charge in [-0.25, -0.2) is 9.18 Å². The van der Waals surface area contributed by atoms with E-state index in [0.29, 0.717) is 11.8 Å². The number of nitrogens with one attached hydrogen (secondary N) is 1. The van der Waals surface area contributed by atoms with Gasteiger partial charge in [-0.3, -0.25) is 0 Å². The largest absolute Gasteiger partial charge is 0.465 e. The first kappa shape index (κ1) is 11.2. The molecule has 0 saturated carbocycles. The summed E-state index contributed by atoms with van der Waals surface area (Å²) in [6.07, 6.45) is -0.643. The number of hydrogen-bond donors (Lipinski definition) is 2. The van der Waals surface area contributed by atoms with Gasteiger partial charge in [0, 0.05) is 0 Å². The highest BCUT2D eigenvalue weighted by molar-refractivity contribution is 5.71. The Kier molecular flexibility index (Phi) is 3.79. The van der Waals surface area contributed by atoms with E-state index in [2.05, 4.69) is 0 Å². The van der Waals surface area contributed by atoms with Crippen molar-refractivity contribution >= 4 is 12.4 Å². The fourth-order valence-corrected chi connectivity index (χ4v) is 1.21. The second kappa shape index (κ2) is 5.09. The van der Waals surface area contributed by atoms with Crippen molar-refractivity contribution in [2.24, 2.45) is 0 Å². The minimum atomic E-state index is -1.27. The van der Waals surface area contributed by atoms with Gasteiger partial charge in [0.2, 0.25) is 0 Å². The fourth-order valence-electron chi connectivity index (χ4n) is 1.21. The highest BCUT2D eigenvalue weighted by atomic mass is 19.1. The molecule has 1 aromatic carbocycles. The number of carboxylic acid groups (broad SMARTS) is 1. The highest BCUT2D eigenvalue weighted by Crippen LogP contribution is 2.05. The molecule has 15 heavy (non-hydrogen) atoms. The van der Waals surface area contributed by atoms with Gasteiger partial charge in [-0.2, -0.15) is 0 Å². The van der Waals surface area contributed by atoms with Crippen molar-refractivity contribution in [2.75, 3.05) is 0 Å². The van der Waals surface area contributed by atoms with Gasteiger partial charge in [0.25, 0.3) is 0 Å². The third kappa shape index (κ3) is 3.76. The third-order valence-electron chi connectivity index (χ3n) is 1.82. The maximum absolute atomic E-state index is 12.8. The van der Waals surface area contributed by atoms with Gasteiger partial charge >= 0.3 is 6.09 Å². The van der Waals surface area contributed by atoms with Crippen LogP contribution in [0.5, 0.6) is 0 Å².